The van der Waals surface area contributed by atoms with E-state index >= 15 is 0 Å². The molecule has 0 saturated carbocycles. The lowest BCUT2D eigenvalue weighted by molar-refractivity contribution is 0.602. The number of nitrogens with zero attached hydrogens (tertiary/aromatic N) is 2. The van der Waals surface area contributed by atoms with Crippen molar-refractivity contribution in [1.29, 1.82) is 5.26 Å². The Morgan fingerprint density at radius 1 is 0.852 bits per heavy atom. The monoisotopic (exact) mass is 399 g/mol. The van der Waals surface area contributed by atoms with Gasteiger partial charge in [0.2, 0.25) is 19.7 Å². The van der Waals surface area contributed by atoms with Crippen molar-refractivity contribution < 1.29 is 16.8 Å². The first kappa shape index (κ1) is 20.3. The van der Waals surface area contributed by atoms with E-state index in [4.69, 9.17) is 0 Å². The molecule has 6 nitrogen and oxygen atoms in total. The zero-order valence-electron chi connectivity index (χ0n) is 14.5. The lowest BCUT2D eigenvalue weighted by Crippen LogP contribution is -2.08. The molecule has 2 aromatic rings. The predicted octanol–water partition coefficient (Wildman–Crippen LogP) is 3.08. The minimum atomic E-state index is -4.26. The van der Waals surface area contributed by atoms with Crippen LogP contribution in [0.2, 0.25) is 0 Å². The Kier molecular flexibility index (Phi) is 5.82. The Bertz CT molecular complexity index is 1190. The molecule has 0 atom stereocenters. The molecule has 0 spiro atoms. The fourth-order valence-electron chi connectivity index (χ4n) is 2.15. The van der Waals surface area contributed by atoms with Crippen molar-refractivity contribution in [2.75, 3.05) is 0 Å². The average molecular weight is 399 g/mol. The van der Waals surface area contributed by atoms with Gasteiger partial charge < -0.3 is 5.41 Å². The maximum Gasteiger partial charge on any atom is 0.216 e. The van der Waals surface area contributed by atoms with Crippen LogP contribution >= 0.6 is 0 Å². The number of rotatable bonds is 5. The first-order valence-corrected chi connectivity index (χ1v) is 10.6. The Hall–Kier alpha value is -2.98. The summed E-state index contributed by atoms with van der Waals surface area (Å²) in [6, 6.07) is 13.0. The van der Waals surface area contributed by atoms with E-state index in [0.29, 0.717) is 6.08 Å². The second kappa shape index (κ2) is 7.72. The smallest absolute Gasteiger partial charge is 0.216 e. The first-order chi connectivity index (χ1) is 12.6. The van der Waals surface area contributed by atoms with Crippen LogP contribution in [0.5, 0.6) is 0 Å². The molecule has 2 rings (SSSR count). The van der Waals surface area contributed by atoms with Crippen LogP contribution in [0.4, 0.5) is 0 Å². The third kappa shape index (κ3) is 4.23. The van der Waals surface area contributed by atoms with E-state index < -0.39 is 29.5 Å². The zero-order chi connectivity index (χ0) is 20.2. The summed E-state index contributed by atoms with van der Waals surface area (Å²) in [5.74, 6) is 1.49. The van der Waals surface area contributed by atoms with Gasteiger partial charge >= 0.3 is 0 Å². The van der Waals surface area contributed by atoms with Crippen LogP contribution < -0.4 is 0 Å². The standard InChI is InChI=1S/C19H15N2O4S2/c1-14-3-7-16(8-4-14)26(22,23)18(12-20)11-19(13-21)27(24,25)17-9-5-15(2)6-10-17/h3-11H,1-2H3/q-1. The molecule has 0 saturated heterocycles. The summed E-state index contributed by atoms with van der Waals surface area (Å²) in [7, 11) is -8.52. The van der Waals surface area contributed by atoms with E-state index in [-0.39, 0.29) is 9.79 Å². The largest absolute Gasteiger partial charge is 0.762 e. The number of benzene rings is 2. The number of allylic oxidation sites excluding steroid dienone is 2. The molecule has 0 aromatic heterocycles. The highest BCUT2D eigenvalue weighted by Crippen LogP contribution is 2.24. The summed E-state index contributed by atoms with van der Waals surface area (Å²) < 4.78 is 50.5. The van der Waals surface area contributed by atoms with Crippen LogP contribution in [0.15, 0.2) is 74.2 Å². The Morgan fingerprint density at radius 3 is 1.63 bits per heavy atom. The lowest BCUT2D eigenvalue weighted by atomic mass is 10.2. The quantitative estimate of drug-likeness (QED) is 0.435. The predicted molar refractivity (Wildman–Crippen MR) is 102 cm³/mol. The number of sulfone groups is 2. The van der Waals surface area contributed by atoms with E-state index in [2.05, 4.69) is 0 Å². The summed E-state index contributed by atoms with van der Waals surface area (Å²) in [6.07, 6.45) is 0.602. The molecule has 0 fully saturated rings. The molecule has 0 aliphatic rings. The average Bonchev–Trinajstić information content (AvgIpc) is 2.63. The Balaban J connectivity index is 2.58. The highest BCUT2D eigenvalue weighted by Gasteiger charge is 2.25. The molecule has 0 unspecified atom stereocenters. The van der Waals surface area contributed by atoms with Gasteiger partial charge in [-0.2, -0.15) is 5.26 Å². The lowest BCUT2D eigenvalue weighted by Gasteiger charge is -2.07. The molecule has 0 bridgehead atoms. The van der Waals surface area contributed by atoms with Gasteiger partial charge in [0, 0.05) is 0 Å². The summed E-state index contributed by atoms with van der Waals surface area (Å²) in [5, 5.41) is 18.6. The molecule has 0 heterocycles. The minimum absolute atomic E-state index is 0.161. The van der Waals surface area contributed by atoms with Crippen LogP contribution in [0, 0.1) is 25.2 Å². The number of hydrogen-bond donors (Lipinski definition) is 0. The third-order valence-electron chi connectivity index (χ3n) is 3.72. The van der Waals surface area contributed by atoms with E-state index in [0.717, 1.165) is 11.1 Å². The molecule has 0 amide bonds. The Labute approximate surface area is 158 Å². The molecule has 138 valence electrons. The maximum absolute atomic E-state index is 12.6. The van der Waals surface area contributed by atoms with Gasteiger partial charge in [0.1, 0.15) is 6.07 Å². The maximum atomic E-state index is 12.6. The number of nitriles is 1. The third-order valence-corrected chi connectivity index (χ3v) is 7.09. The van der Waals surface area contributed by atoms with Gasteiger partial charge in [-0.15, -0.1) is 0 Å². The molecule has 0 radical (unpaired) electrons. The van der Waals surface area contributed by atoms with Crippen molar-refractivity contribution in [3.63, 3.8) is 0 Å². The zero-order valence-corrected chi connectivity index (χ0v) is 16.2. The van der Waals surface area contributed by atoms with Gasteiger partial charge in [0.15, 0.2) is 4.91 Å². The van der Waals surface area contributed by atoms with Crippen LogP contribution in [0.3, 0.4) is 0 Å². The highest BCUT2D eigenvalue weighted by molar-refractivity contribution is 7.96. The van der Waals surface area contributed by atoms with Gasteiger partial charge in [0.25, 0.3) is 0 Å². The van der Waals surface area contributed by atoms with Crippen molar-refractivity contribution in [3.8, 4) is 6.07 Å². The fourth-order valence-corrected chi connectivity index (χ4v) is 4.51. The van der Waals surface area contributed by atoms with E-state index in [1.807, 2.05) is 0 Å². The van der Waals surface area contributed by atoms with Gasteiger partial charge in [0.05, 0.1) is 14.7 Å². The van der Waals surface area contributed by atoms with E-state index in [1.165, 1.54) is 36.2 Å². The van der Waals surface area contributed by atoms with E-state index in [1.54, 1.807) is 38.1 Å². The molecule has 8 heteroatoms. The van der Waals surface area contributed by atoms with Crippen LogP contribution in [-0.4, -0.2) is 22.7 Å². The SMILES string of the molecule is Cc1ccc(S(=O)(=O)C(=C=[N-])C=C(C#N)S(=O)(=O)c2ccc(C)cc2)cc1. The van der Waals surface area contributed by atoms with Gasteiger partial charge in [-0.05, 0) is 44.2 Å². The molecule has 0 aliphatic carbocycles. The molecular weight excluding hydrogens is 384 g/mol. The summed E-state index contributed by atoms with van der Waals surface area (Å²) in [5.41, 5.74) is 1.64. The van der Waals surface area contributed by atoms with Gasteiger partial charge in [-0.3, -0.25) is 0 Å². The number of aryl methyl sites for hydroxylation is 2. The number of hydrogen-bond acceptors (Lipinski definition) is 5. The van der Waals surface area contributed by atoms with Crippen LogP contribution in [0.1, 0.15) is 11.1 Å². The summed E-state index contributed by atoms with van der Waals surface area (Å²) in [4.78, 5) is -1.96. The summed E-state index contributed by atoms with van der Waals surface area (Å²) >= 11 is 0. The van der Waals surface area contributed by atoms with Crippen LogP contribution in [0.25, 0.3) is 5.41 Å². The minimum Gasteiger partial charge on any atom is -0.762 e. The van der Waals surface area contributed by atoms with Crippen molar-refractivity contribution in [2.24, 2.45) is 0 Å². The fraction of sp³-hybridized carbons (Fsp3) is 0.105. The molecule has 0 N–H and O–H groups in total. The van der Waals surface area contributed by atoms with Crippen molar-refractivity contribution in [3.05, 3.63) is 81.0 Å². The van der Waals surface area contributed by atoms with E-state index in [9.17, 15) is 27.5 Å². The van der Waals surface area contributed by atoms with Crippen molar-refractivity contribution in [1.82, 2.24) is 0 Å². The summed E-state index contributed by atoms with van der Waals surface area (Å²) in [6.45, 7) is 3.54. The van der Waals surface area contributed by atoms with Gasteiger partial charge in [-0.1, -0.05) is 35.4 Å². The van der Waals surface area contributed by atoms with Crippen molar-refractivity contribution in [2.45, 2.75) is 23.6 Å². The highest BCUT2D eigenvalue weighted by atomic mass is 32.2. The normalized spacial score (nSPS) is 12.1. The molecular formula is C19H15N2O4S2-. The van der Waals surface area contributed by atoms with Crippen LogP contribution in [-0.2, 0) is 19.7 Å². The molecule has 2 aromatic carbocycles. The Morgan fingerprint density at radius 2 is 1.26 bits per heavy atom. The topological polar surface area (TPSA) is 114 Å². The molecule has 0 aliphatic heterocycles. The second-order valence-corrected chi connectivity index (χ2v) is 9.57. The van der Waals surface area contributed by atoms with Crippen molar-refractivity contribution >= 4 is 25.5 Å². The molecule has 27 heavy (non-hydrogen) atoms. The first-order valence-electron chi connectivity index (χ1n) is 7.65. The van der Waals surface area contributed by atoms with Gasteiger partial charge in [-0.25, -0.2) is 22.7 Å². The second-order valence-electron chi connectivity index (χ2n) is 5.73.